The molecule has 0 spiro atoms. The zero-order chi connectivity index (χ0) is 16.4. The van der Waals surface area contributed by atoms with Crippen molar-refractivity contribution >= 4 is 15.7 Å². The van der Waals surface area contributed by atoms with Gasteiger partial charge < -0.3 is 10.1 Å². The van der Waals surface area contributed by atoms with Crippen molar-refractivity contribution in [3.63, 3.8) is 0 Å². The van der Waals surface area contributed by atoms with E-state index in [4.69, 9.17) is 4.74 Å². The van der Waals surface area contributed by atoms with Gasteiger partial charge in [0.2, 0.25) is 0 Å². The highest BCUT2D eigenvalue weighted by molar-refractivity contribution is 7.90. The van der Waals surface area contributed by atoms with Crippen molar-refractivity contribution in [2.24, 2.45) is 0 Å². The predicted octanol–water partition coefficient (Wildman–Crippen LogP) is 0.427. The molecule has 1 aliphatic rings. The fourth-order valence-corrected chi connectivity index (χ4v) is 3.22. The molecule has 1 aromatic rings. The van der Waals surface area contributed by atoms with Crippen molar-refractivity contribution in [3.05, 3.63) is 29.8 Å². The second-order valence-electron chi connectivity index (χ2n) is 5.79. The lowest BCUT2D eigenvalue weighted by Gasteiger charge is -2.39. The standard InChI is InChI=1S/C15H22N2O4S/c1-15(14(18)16-2)11-17(8-9-21-15)10-12-4-6-13(7-5-12)22(3,19)20/h4-7H,8-11H2,1-3H3,(H,16,18). The molecule has 1 fully saturated rings. The van der Waals surface area contributed by atoms with Gasteiger partial charge in [-0.2, -0.15) is 0 Å². The molecule has 1 amide bonds. The highest BCUT2D eigenvalue weighted by Gasteiger charge is 2.38. The number of hydrogen-bond donors (Lipinski definition) is 1. The van der Waals surface area contributed by atoms with Crippen LogP contribution in [-0.2, 0) is 25.9 Å². The number of carbonyl (C=O) groups excluding carboxylic acids is 1. The van der Waals surface area contributed by atoms with E-state index in [-0.39, 0.29) is 5.91 Å². The van der Waals surface area contributed by atoms with Crippen molar-refractivity contribution in [1.29, 1.82) is 0 Å². The van der Waals surface area contributed by atoms with Gasteiger partial charge in [0.05, 0.1) is 11.5 Å². The van der Waals surface area contributed by atoms with Gasteiger partial charge >= 0.3 is 0 Å². The van der Waals surface area contributed by atoms with E-state index < -0.39 is 15.4 Å². The number of carbonyl (C=O) groups is 1. The lowest BCUT2D eigenvalue weighted by Crippen LogP contribution is -2.57. The third-order valence-electron chi connectivity index (χ3n) is 3.82. The van der Waals surface area contributed by atoms with E-state index in [1.807, 2.05) is 12.1 Å². The summed E-state index contributed by atoms with van der Waals surface area (Å²) in [6.07, 6.45) is 1.19. The minimum Gasteiger partial charge on any atom is -0.363 e. The third-order valence-corrected chi connectivity index (χ3v) is 4.95. The number of rotatable bonds is 4. The number of likely N-dealkylation sites (N-methyl/N-ethyl adjacent to an activating group) is 1. The summed E-state index contributed by atoms with van der Waals surface area (Å²) in [6.45, 7) is 4.16. The van der Waals surface area contributed by atoms with Crippen LogP contribution in [0.15, 0.2) is 29.2 Å². The molecule has 7 heteroatoms. The lowest BCUT2D eigenvalue weighted by atomic mass is 10.0. The van der Waals surface area contributed by atoms with Crippen LogP contribution >= 0.6 is 0 Å². The molecular weight excluding hydrogens is 304 g/mol. The quantitative estimate of drug-likeness (QED) is 0.868. The number of nitrogens with one attached hydrogen (secondary N) is 1. The summed E-state index contributed by atoms with van der Waals surface area (Å²) in [6, 6.07) is 6.85. The molecule has 2 rings (SSSR count). The number of sulfone groups is 1. The van der Waals surface area contributed by atoms with Gasteiger partial charge in [-0.1, -0.05) is 12.1 Å². The zero-order valence-electron chi connectivity index (χ0n) is 13.1. The molecule has 1 aliphatic heterocycles. The maximum Gasteiger partial charge on any atom is 0.253 e. The van der Waals surface area contributed by atoms with E-state index in [2.05, 4.69) is 10.2 Å². The predicted molar refractivity (Wildman–Crippen MR) is 83.3 cm³/mol. The molecule has 22 heavy (non-hydrogen) atoms. The second kappa shape index (κ2) is 6.36. The Balaban J connectivity index is 2.06. The SMILES string of the molecule is CNC(=O)C1(C)CN(Cc2ccc(S(C)(=O)=O)cc2)CCO1. The van der Waals surface area contributed by atoms with E-state index in [0.717, 1.165) is 12.1 Å². The molecule has 1 aromatic carbocycles. The van der Waals surface area contributed by atoms with Gasteiger partial charge in [0.15, 0.2) is 15.4 Å². The summed E-state index contributed by atoms with van der Waals surface area (Å²) in [5.41, 5.74) is 0.160. The number of nitrogens with zero attached hydrogens (tertiary/aromatic N) is 1. The van der Waals surface area contributed by atoms with Crippen molar-refractivity contribution in [1.82, 2.24) is 10.2 Å². The molecule has 0 aromatic heterocycles. The first-order valence-electron chi connectivity index (χ1n) is 7.12. The van der Waals surface area contributed by atoms with E-state index in [9.17, 15) is 13.2 Å². The number of ether oxygens (including phenoxy) is 1. The van der Waals surface area contributed by atoms with Crippen LogP contribution in [0.1, 0.15) is 12.5 Å². The van der Waals surface area contributed by atoms with E-state index in [1.54, 1.807) is 26.1 Å². The lowest BCUT2D eigenvalue weighted by molar-refractivity contribution is -0.156. The average Bonchev–Trinajstić information content (AvgIpc) is 2.46. The molecule has 1 saturated heterocycles. The third kappa shape index (κ3) is 3.85. The summed E-state index contributed by atoms with van der Waals surface area (Å²) in [4.78, 5) is 14.4. The van der Waals surface area contributed by atoms with Gasteiger partial charge in [0, 0.05) is 32.9 Å². The number of benzene rings is 1. The zero-order valence-corrected chi connectivity index (χ0v) is 13.9. The fourth-order valence-electron chi connectivity index (χ4n) is 2.59. The monoisotopic (exact) mass is 326 g/mol. The van der Waals surface area contributed by atoms with Crippen LogP contribution in [0, 0.1) is 0 Å². The van der Waals surface area contributed by atoms with E-state index in [1.165, 1.54) is 6.26 Å². The first kappa shape index (κ1) is 16.9. The molecule has 0 bridgehead atoms. The summed E-state index contributed by atoms with van der Waals surface area (Å²) < 4.78 is 28.5. The van der Waals surface area contributed by atoms with Crippen LogP contribution in [0.25, 0.3) is 0 Å². The Morgan fingerprint density at radius 1 is 1.36 bits per heavy atom. The second-order valence-corrected chi connectivity index (χ2v) is 7.80. The van der Waals surface area contributed by atoms with Crippen molar-refractivity contribution in [3.8, 4) is 0 Å². The Kier molecular flexibility index (Phi) is 4.89. The van der Waals surface area contributed by atoms with Gasteiger partial charge in [-0.3, -0.25) is 9.69 Å². The first-order chi connectivity index (χ1) is 10.2. The topological polar surface area (TPSA) is 75.7 Å². The molecule has 1 N–H and O–H groups in total. The maximum atomic E-state index is 11.9. The molecule has 1 unspecified atom stereocenters. The van der Waals surface area contributed by atoms with Gasteiger partial charge in [0.25, 0.3) is 5.91 Å². The van der Waals surface area contributed by atoms with Crippen LogP contribution < -0.4 is 5.32 Å². The summed E-state index contributed by atoms with van der Waals surface area (Å²) in [5.74, 6) is -0.135. The van der Waals surface area contributed by atoms with Gasteiger partial charge in [-0.15, -0.1) is 0 Å². The largest absolute Gasteiger partial charge is 0.363 e. The Morgan fingerprint density at radius 3 is 2.55 bits per heavy atom. The Labute approximate surface area is 131 Å². The molecule has 1 atom stereocenters. The van der Waals surface area contributed by atoms with Crippen LogP contribution in [0.3, 0.4) is 0 Å². The van der Waals surface area contributed by atoms with Gasteiger partial charge in [0.1, 0.15) is 0 Å². The maximum absolute atomic E-state index is 11.9. The number of hydrogen-bond acceptors (Lipinski definition) is 5. The molecule has 0 aliphatic carbocycles. The number of morpholine rings is 1. The molecule has 0 radical (unpaired) electrons. The molecule has 6 nitrogen and oxygen atoms in total. The fraction of sp³-hybridized carbons (Fsp3) is 0.533. The summed E-state index contributed by atoms with van der Waals surface area (Å²) >= 11 is 0. The molecule has 0 saturated carbocycles. The Morgan fingerprint density at radius 2 is 2.00 bits per heavy atom. The van der Waals surface area contributed by atoms with Gasteiger partial charge in [-0.25, -0.2) is 8.42 Å². The van der Waals surface area contributed by atoms with Gasteiger partial charge in [-0.05, 0) is 24.6 Å². The van der Waals surface area contributed by atoms with Crippen molar-refractivity contribution in [2.75, 3.05) is 33.0 Å². The number of amides is 1. The minimum absolute atomic E-state index is 0.135. The highest BCUT2D eigenvalue weighted by atomic mass is 32.2. The van der Waals surface area contributed by atoms with Crippen molar-refractivity contribution < 1.29 is 17.9 Å². The summed E-state index contributed by atoms with van der Waals surface area (Å²) in [7, 11) is -1.58. The average molecular weight is 326 g/mol. The highest BCUT2D eigenvalue weighted by Crippen LogP contribution is 2.20. The smallest absolute Gasteiger partial charge is 0.253 e. The van der Waals surface area contributed by atoms with Crippen LogP contribution in [0.2, 0.25) is 0 Å². The Bertz CT molecular complexity index is 642. The molecule has 1 heterocycles. The normalized spacial score (nSPS) is 23.2. The van der Waals surface area contributed by atoms with Crippen LogP contribution in [0.5, 0.6) is 0 Å². The minimum atomic E-state index is -3.17. The van der Waals surface area contributed by atoms with Crippen LogP contribution in [0.4, 0.5) is 0 Å². The Hall–Kier alpha value is -1.44. The molecule has 122 valence electrons. The van der Waals surface area contributed by atoms with Crippen LogP contribution in [-0.4, -0.2) is 57.8 Å². The molecular formula is C15H22N2O4S. The first-order valence-corrected chi connectivity index (χ1v) is 9.01. The van der Waals surface area contributed by atoms with Crippen molar-refractivity contribution in [2.45, 2.75) is 24.0 Å². The summed E-state index contributed by atoms with van der Waals surface area (Å²) in [5, 5.41) is 2.63. The van der Waals surface area contributed by atoms with E-state index in [0.29, 0.717) is 24.6 Å². The van der Waals surface area contributed by atoms with E-state index >= 15 is 0 Å².